The number of piperidine rings is 1. The zero-order valence-corrected chi connectivity index (χ0v) is 26.3. The molecule has 1 spiro atoms. The summed E-state index contributed by atoms with van der Waals surface area (Å²) in [6.45, 7) is 8.60. The molecule has 2 N–H and O–H groups in total. The SMILES string of the molecule is CC(=O)N1CCC(N2Cc3ccccc3NC2=O)CC1.CC(Cc1ccc2[nH]ncc2c1)C(=O)N1CCCC2(CC1)OCCO2. The highest BCUT2D eigenvalue weighted by Crippen LogP contribution is 2.32. The van der Waals surface area contributed by atoms with Gasteiger partial charge < -0.3 is 29.5 Å². The quantitative estimate of drug-likeness (QED) is 0.444. The second-order valence-corrected chi connectivity index (χ2v) is 12.6. The first-order valence-electron chi connectivity index (χ1n) is 16.2. The lowest BCUT2D eigenvalue weighted by Crippen LogP contribution is -2.50. The van der Waals surface area contributed by atoms with Gasteiger partial charge in [0.2, 0.25) is 11.8 Å². The molecule has 0 aliphatic carbocycles. The van der Waals surface area contributed by atoms with E-state index in [1.807, 2.05) is 58.2 Å². The molecule has 3 fully saturated rings. The van der Waals surface area contributed by atoms with Crippen molar-refractivity contribution in [3.63, 3.8) is 0 Å². The van der Waals surface area contributed by atoms with E-state index in [-0.39, 0.29) is 29.8 Å². The summed E-state index contributed by atoms with van der Waals surface area (Å²) in [6.07, 6.45) is 6.86. The second-order valence-electron chi connectivity index (χ2n) is 12.6. The fraction of sp³-hybridized carbons (Fsp3) is 0.529. The number of ether oxygens (including phenoxy) is 2. The summed E-state index contributed by atoms with van der Waals surface area (Å²) in [5.41, 5.74) is 4.26. The van der Waals surface area contributed by atoms with E-state index in [4.69, 9.17) is 9.47 Å². The monoisotopic (exact) mass is 616 g/mol. The van der Waals surface area contributed by atoms with E-state index in [1.165, 1.54) is 5.56 Å². The zero-order valence-electron chi connectivity index (χ0n) is 26.3. The van der Waals surface area contributed by atoms with Crippen molar-refractivity contribution in [2.75, 3.05) is 44.7 Å². The standard InChI is InChI=1S/C19H25N3O3.C15H19N3O2/c1-14(11-15-3-4-17-16(12-15)13-20-21-17)18(23)22-7-2-5-19(6-8-22)24-9-10-25-19;1-11(19)17-8-6-13(7-9-17)18-10-12-4-2-3-5-14(12)16-15(18)20/h3-4,12-14H,2,5-11H2,1H3,(H,20,21);2-5,13H,6-10H2,1H3,(H,16,20). The summed E-state index contributed by atoms with van der Waals surface area (Å²) in [5.74, 6) is -0.132. The molecular formula is C34H44N6O5. The Morgan fingerprint density at radius 1 is 1.02 bits per heavy atom. The van der Waals surface area contributed by atoms with Crippen LogP contribution in [-0.2, 0) is 32.0 Å². The number of nitrogens with one attached hydrogen (secondary N) is 2. The van der Waals surface area contributed by atoms with E-state index in [1.54, 1.807) is 6.92 Å². The van der Waals surface area contributed by atoms with Gasteiger partial charge in [-0.3, -0.25) is 14.7 Å². The fourth-order valence-corrected chi connectivity index (χ4v) is 6.97. The lowest BCUT2D eigenvalue weighted by atomic mass is 9.98. The molecule has 240 valence electrons. The van der Waals surface area contributed by atoms with Crippen LogP contribution in [0.4, 0.5) is 10.5 Å². The Kier molecular flexibility index (Phi) is 9.37. The highest BCUT2D eigenvalue weighted by molar-refractivity contribution is 5.92. The van der Waals surface area contributed by atoms with E-state index >= 15 is 0 Å². The van der Waals surface area contributed by atoms with E-state index in [0.717, 1.165) is 80.3 Å². The van der Waals surface area contributed by atoms with Gasteiger partial charge in [-0.2, -0.15) is 5.10 Å². The highest BCUT2D eigenvalue weighted by atomic mass is 16.7. The van der Waals surface area contributed by atoms with Gasteiger partial charge in [-0.05, 0) is 55.0 Å². The molecule has 0 bridgehead atoms. The summed E-state index contributed by atoms with van der Waals surface area (Å²) in [6, 6.07) is 14.3. The van der Waals surface area contributed by atoms with Crippen LogP contribution in [0.5, 0.6) is 0 Å². The van der Waals surface area contributed by atoms with E-state index in [9.17, 15) is 14.4 Å². The third-order valence-electron chi connectivity index (χ3n) is 9.55. The van der Waals surface area contributed by atoms with Crippen LogP contribution in [0, 0.1) is 5.92 Å². The van der Waals surface area contributed by atoms with Crippen LogP contribution in [0.2, 0.25) is 0 Å². The molecule has 4 amide bonds. The fourth-order valence-electron chi connectivity index (χ4n) is 6.97. The van der Waals surface area contributed by atoms with E-state index < -0.39 is 5.79 Å². The van der Waals surface area contributed by atoms with Crippen molar-refractivity contribution in [1.29, 1.82) is 0 Å². The van der Waals surface area contributed by atoms with Gasteiger partial charge in [0, 0.05) is 75.5 Å². The third-order valence-corrected chi connectivity index (χ3v) is 9.55. The van der Waals surface area contributed by atoms with Crippen LogP contribution in [0.15, 0.2) is 48.7 Å². The van der Waals surface area contributed by atoms with Crippen LogP contribution in [0.1, 0.15) is 57.1 Å². The number of amides is 4. The first-order valence-corrected chi connectivity index (χ1v) is 16.2. The first kappa shape index (κ1) is 31.0. The minimum Gasteiger partial charge on any atom is -0.347 e. The molecule has 2 aromatic carbocycles. The van der Waals surface area contributed by atoms with Crippen LogP contribution in [-0.4, -0.2) is 94.0 Å². The molecule has 45 heavy (non-hydrogen) atoms. The first-order chi connectivity index (χ1) is 21.8. The average molecular weight is 617 g/mol. The highest BCUT2D eigenvalue weighted by Gasteiger charge is 2.39. The van der Waals surface area contributed by atoms with Gasteiger partial charge >= 0.3 is 6.03 Å². The Balaban J connectivity index is 0.000000163. The van der Waals surface area contributed by atoms with Crippen molar-refractivity contribution in [2.24, 2.45) is 5.92 Å². The van der Waals surface area contributed by atoms with Crippen molar-refractivity contribution in [1.82, 2.24) is 24.9 Å². The van der Waals surface area contributed by atoms with Crippen molar-refractivity contribution in [2.45, 2.75) is 70.7 Å². The number of hydrogen-bond acceptors (Lipinski definition) is 6. The Bertz CT molecular complexity index is 1510. The summed E-state index contributed by atoms with van der Waals surface area (Å²) < 4.78 is 11.6. The summed E-state index contributed by atoms with van der Waals surface area (Å²) in [5, 5.41) is 11.0. The predicted octanol–water partition coefficient (Wildman–Crippen LogP) is 4.54. The van der Waals surface area contributed by atoms with Crippen LogP contribution in [0.3, 0.4) is 0 Å². The number of urea groups is 1. The number of carbonyl (C=O) groups excluding carboxylic acids is 3. The minimum absolute atomic E-state index is 0.0232. The Hall–Kier alpha value is -3.96. The molecule has 4 aliphatic rings. The molecule has 3 saturated heterocycles. The summed E-state index contributed by atoms with van der Waals surface area (Å²) >= 11 is 0. The molecule has 1 unspecified atom stereocenters. The van der Waals surface area contributed by atoms with Gasteiger partial charge in [0.15, 0.2) is 5.79 Å². The molecule has 5 heterocycles. The van der Waals surface area contributed by atoms with Crippen LogP contribution in [0.25, 0.3) is 10.9 Å². The Morgan fingerprint density at radius 3 is 2.58 bits per heavy atom. The van der Waals surface area contributed by atoms with E-state index in [0.29, 0.717) is 26.3 Å². The number of likely N-dealkylation sites (tertiary alicyclic amines) is 2. The topological polar surface area (TPSA) is 120 Å². The van der Waals surface area contributed by atoms with Gasteiger partial charge in [0.1, 0.15) is 0 Å². The largest absolute Gasteiger partial charge is 0.347 e. The number of fused-ring (bicyclic) bond motifs is 2. The van der Waals surface area contributed by atoms with E-state index in [2.05, 4.69) is 27.6 Å². The molecule has 0 radical (unpaired) electrons. The van der Waals surface area contributed by atoms with Gasteiger partial charge in [0.25, 0.3) is 0 Å². The van der Waals surface area contributed by atoms with Gasteiger partial charge in [-0.1, -0.05) is 31.2 Å². The number of H-pyrrole nitrogens is 1. The molecule has 11 nitrogen and oxygen atoms in total. The van der Waals surface area contributed by atoms with Crippen molar-refractivity contribution < 1.29 is 23.9 Å². The maximum Gasteiger partial charge on any atom is 0.322 e. The smallest absolute Gasteiger partial charge is 0.322 e. The van der Waals surface area contributed by atoms with Crippen molar-refractivity contribution >= 4 is 34.4 Å². The molecule has 11 heteroatoms. The summed E-state index contributed by atoms with van der Waals surface area (Å²) in [7, 11) is 0. The number of carbonyl (C=O) groups is 3. The predicted molar refractivity (Wildman–Crippen MR) is 170 cm³/mol. The maximum absolute atomic E-state index is 12.9. The number of benzene rings is 2. The Labute approximate surface area is 264 Å². The number of aromatic nitrogens is 2. The molecule has 4 aliphatic heterocycles. The zero-order chi connectivity index (χ0) is 31.4. The lowest BCUT2D eigenvalue weighted by Gasteiger charge is -2.40. The molecule has 0 saturated carbocycles. The number of nitrogens with zero attached hydrogens (tertiary/aromatic N) is 4. The normalized spacial score (nSPS) is 20.7. The maximum atomic E-state index is 12.9. The summed E-state index contributed by atoms with van der Waals surface area (Å²) in [4.78, 5) is 42.2. The number of aromatic amines is 1. The molecule has 7 rings (SSSR count). The number of anilines is 1. The third kappa shape index (κ3) is 7.15. The number of rotatable bonds is 4. The lowest BCUT2D eigenvalue weighted by molar-refractivity contribution is -0.164. The Morgan fingerprint density at radius 2 is 1.80 bits per heavy atom. The molecule has 1 atom stereocenters. The van der Waals surface area contributed by atoms with Crippen molar-refractivity contribution in [3.05, 3.63) is 59.8 Å². The van der Waals surface area contributed by atoms with Crippen molar-refractivity contribution in [3.8, 4) is 0 Å². The van der Waals surface area contributed by atoms with Gasteiger partial charge in [-0.15, -0.1) is 0 Å². The minimum atomic E-state index is -0.440. The molecular weight excluding hydrogens is 572 g/mol. The average Bonchev–Trinajstić information content (AvgIpc) is 3.66. The van der Waals surface area contributed by atoms with Crippen LogP contribution >= 0.6 is 0 Å². The molecule has 3 aromatic rings. The van der Waals surface area contributed by atoms with Crippen LogP contribution < -0.4 is 5.32 Å². The van der Waals surface area contributed by atoms with Gasteiger partial charge in [0.05, 0.1) is 24.9 Å². The number of para-hydroxylation sites is 1. The second kappa shape index (κ2) is 13.6. The molecule has 1 aromatic heterocycles. The van der Waals surface area contributed by atoms with Gasteiger partial charge in [-0.25, -0.2) is 4.79 Å². The number of hydrogen-bond donors (Lipinski definition) is 2.